The molecule has 2 atom stereocenters. The van der Waals surface area contributed by atoms with Crippen LogP contribution in [-0.4, -0.2) is 40.6 Å². The number of carbonyl (C=O) groups is 1. The Kier molecular flexibility index (Phi) is 5.81. The van der Waals surface area contributed by atoms with Crippen molar-refractivity contribution < 1.29 is 18.1 Å². The molecular formula is C17H19N3O5S. The van der Waals surface area contributed by atoms with Crippen molar-refractivity contribution in [1.82, 2.24) is 9.97 Å². The van der Waals surface area contributed by atoms with E-state index in [0.717, 1.165) is 11.8 Å². The molecule has 0 spiro atoms. The number of carbonyl (C=O) groups excluding carboxylic acids is 1. The van der Waals surface area contributed by atoms with Crippen LogP contribution in [0.2, 0.25) is 0 Å². The molecule has 138 valence electrons. The molecule has 8 nitrogen and oxygen atoms in total. The maximum absolute atomic E-state index is 12.6. The minimum absolute atomic E-state index is 0.116. The van der Waals surface area contributed by atoms with Gasteiger partial charge < -0.3 is 0 Å². The summed E-state index contributed by atoms with van der Waals surface area (Å²) >= 11 is 0. The quantitative estimate of drug-likeness (QED) is 0.413. The molecular weight excluding hydrogens is 358 g/mol. The molecule has 0 aliphatic heterocycles. The minimum atomic E-state index is -3.43. The van der Waals surface area contributed by atoms with Crippen LogP contribution < -0.4 is 0 Å². The van der Waals surface area contributed by atoms with Crippen molar-refractivity contribution in [2.75, 3.05) is 6.26 Å². The van der Waals surface area contributed by atoms with E-state index >= 15 is 0 Å². The third-order valence-corrected chi connectivity index (χ3v) is 5.86. The van der Waals surface area contributed by atoms with Crippen LogP contribution in [0.4, 0.5) is 5.69 Å². The highest BCUT2D eigenvalue weighted by Gasteiger charge is 2.31. The molecule has 0 aliphatic carbocycles. The number of hydrogen-bond acceptors (Lipinski definition) is 7. The Balaban J connectivity index is 2.32. The molecule has 0 fully saturated rings. The van der Waals surface area contributed by atoms with Crippen molar-refractivity contribution in [3.63, 3.8) is 0 Å². The number of sulfone groups is 1. The lowest BCUT2D eigenvalue weighted by Gasteiger charge is -2.21. The fraction of sp³-hybridized carbons (Fsp3) is 0.353. The van der Waals surface area contributed by atoms with Gasteiger partial charge >= 0.3 is 0 Å². The first kappa shape index (κ1) is 19.6. The predicted molar refractivity (Wildman–Crippen MR) is 95.9 cm³/mol. The number of non-ortho nitro benzene ring substituents is 1. The summed E-state index contributed by atoms with van der Waals surface area (Å²) in [4.78, 5) is 31.1. The van der Waals surface area contributed by atoms with Gasteiger partial charge in [0.1, 0.15) is 5.82 Å². The second-order valence-corrected chi connectivity index (χ2v) is 8.59. The van der Waals surface area contributed by atoms with Crippen molar-refractivity contribution in [2.45, 2.75) is 31.4 Å². The molecule has 0 radical (unpaired) electrons. The molecule has 9 heteroatoms. The van der Waals surface area contributed by atoms with Crippen LogP contribution in [0, 0.1) is 17.0 Å². The van der Waals surface area contributed by atoms with Gasteiger partial charge in [-0.3, -0.25) is 14.9 Å². The topological polar surface area (TPSA) is 120 Å². The highest BCUT2D eigenvalue weighted by molar-refractivity contribution is 7.91. The number of benzene rings is 1. The molecule has 1 aromatic heterocycles. The predicted octanol–water partition coefficient (Wildman–Crippen LogP) is 2.48. The van der Waals surface area contributed by atoms with Gasteiger partial charge in [0, 0.05) is 48.7 Å². The maximum atomic E-state index is 12.6. The summed E-state index contributed by atoms with van der Waals surface area (Å²) in [7, 11) is -3.43. The summed E-state index contributed by atoms with van der Waals surface area (Å²) in [6, 6.07) is 5.20. The third-order valence-electron chi connectivity index (χ3n) is 4.18. The van der Waals surface area contributed by atoms with E-state index in [1.165, 1.54) is 31.2 Å². The smallest absolute Gasteiger partial charge is 0.269 e. The SMILES string of the molecule is Cc1cnc([C@@H](CC(=O)c2ccc([N+](=O)[O-])cc2)[C@H](C)S(C)(=O)=O)nc1. The van der Waals surface area contributed by atoms with E-state index in [2.05, 4.69) is 9.97 Å². The van der Waals surface area contributed by atoms with Gasteiger partial charge in [-0.2, -0.15) is 0 Å². The number of rotatable bonds is 7. The number of nitro groups is 1. The Bertz CT molecular complexity index is 908. The number of nitro benzene ring substituents is 1. The van der Waals surface area contributed by atoms with Gasteiger partial charge in [0.15, 0.2) is 15.6 Å². The van der Waals surface area contributed by atoms with E-state index in [1.807, 2.05) is 0 Å². The lowest BCUT2D eigenvalue weighted by molar-refractivity contribution is -0.384. The van der Waals surface area contributed by atoms with Crippen molar-refractivity contribution in [1.29, 1.82) is 0 Å². The number of hydrogen-bond donors (Lipinski definition) is 0. The zero-order valence-corrected chi connectivity index (χ0v) is 15.4. The summed E-state index contributed by atoms with van der Waals surface area (Å²) < 4.78 is 24.0. The largest absolute Gasteiger partial charge is 0.294 e. The third kappa shape index (κ3) is 4.69. The summed E-state index contributed by atoms with van der Waals surface area (Å²) in [5, 5.41) is 9.85. The molecule has 0 saturated carbocycles. The molecule has 2 rings (SSSR count). The molecule has 0 N–H and O–H groups in total. The highest BCUT2D eigenvalue weighted by Crippen LogP contribution is 2.27. The lowest BCUT2D eigenvalue weighted by atomic mass is 9.94. The molecule has 0 amide bonds. The second kappa shape index (κ2) is 7.69. The molecule has 0 bridgehead atoms. The Labute approximate surface area is 151 Å². The minimum Gasteiger partial charge on any atom is -0.294 e. The van der Waals surface area contributed by atoms with Gasteiger partial charge in [0.2, 0.25) is 0 Å². The van der Waals surface area contributed by atoms with E-state index in [1.54, 1.807) is 19.3 Å². The fourth-order valence-corrected chi connectivity index (χ4v) is 3.26. The number of aryl methyl sites for hydroxylation is 1. The number of nitrogens with zero attached hydrogens (tertiary/aromatic N) is 3. The normalized spacial score (nSPS) is 13.8. The van der Waals surface area contributed by atoms with Gasteiger partial charge in [-0.15, -0.1) is 0 Å². The second-order valence-electron chi connectivity index (χ2n) is 6.19. The average molecular weight is 377 g/mol. The first-order valence-corrected chi connectivity index (χ1v) is 9.80. The molecule has 1 heterocycles. The van der Waals surface area contributed by atoms with Crippen molar-refractivity contribution in [3.8, 4) is 0 Å². The Hall–Kier alpha value is -2.68. The first-order chi connectivity index (χ1) is 12.1. The maximum Gasteiger partial charge on any atom is 0.269 e. The molecule has 2 aromatic rings. The lowest BCUT2D eigenvalue weighted by Crippen LogP contribution is -2.28. The summed E-state index contributed by atoms with van der Waals surface area (Å²) in [6.45, 7) is 3.33. The van der Waals surface area contributed by atoms with Crippen LogP contribution in [0.1, 0.15) is 41.0 Å². The van der Waals surface area contributed by atoms with Crippen molar-refractivity contribution in [2.24, 2.45) is 0 Å². The zero-order valence-electron chi connectivity index (χ0n) is 14.6. The number of aromatic nitrogens is 2. The standard InChI is InChI=1S/C17H19N3O5S/c1-11-9-18-17(19-10-11)15(12(2)26(3,24)25)8-16(21)13-4-6-14(7-5-13)20(22)23/h4-7,9-10,12,15H,8H2,1-3H3/t12-,15-/m0/s1. The van der Waals surface area contributed by atoms with E-state index < -0.39 is 25.9 Å². The van der Waals surface area contributed by atoms with Crippen molar-refractivity contribution in [3.05, 3.63) is 63.7 Å². The van der Waals surface area contributed by atoms with Crippen molar-refractivity contribution >= 4 is 21.3 Å². The monoisotopic (exact) mass is 377 g/mol. The molecule has 0 aliphatic rings. The van der Waals surface area contributed by atoms with Gasteiger partial charge in [-0.1, -0.05) is 0 Å². The summed E-state index contributed by atoms with van der Waals surface area (Å²) in [6.07, 6.45) is 4.13. The van der Waals surface area contributed by atoms with E-state index in [9.17, 15) is 23.3 Å². The fourth-order valence-electron chi connectivity index (χ4n) is 2.45. The van der Waals surface area contributed by atoms with Gasteiger partial charge in [0.05, 0.1) is 10.2 Å². The molecule has 0 unspecified atom stereocenters. The highest BCUT2D eigenvalue weighted by atomic mass is 32.2. The van der Waals surface area contributed by atoms with Crippen LogP contribution in [0.25, 0.3) is 0 Å². The van der Waals surface area contributed by atoms with E-state index in [4.69, 9.17) is 0 Å². The molecule has 26 heavy (non-hydrogen) atoms. The van der Waals surface area contributed by atoms with Crippen LogP contribution >= 0.6 is 0 Å². The van der Waals surface area contributed by atoms with Gasteiger partial charge in [-0.25, -0.2) is 18.4 Å². The van der Waals surface area contributed by atoms with Gasteiger partial charge in [0.25, 0.3) is 5.69 Å². The van der Waals surface area contributed by atoms with Crippen LogP contribution in [0.3, 0.4) is 0 Å². The van der Waals surface area contributed by atoms with Crippen LogP contribution in [-0.2, 0) is 9.84 Å². The first-order valence-electron chi connectivity index (χ1n) is 7.84. The Morgan fingerprint density at radius 1 is 1.19 bits per heavy atom. The van der Waals surface area contributed by atoms with E-state index in [-0.39, 0.29) is 29.3 Å². The molecule has 1 aromatic carbocycles. The molecule has 0 saturated heterocycles. The Morgan fingerprint density at radius 2 is 1.73 bits per heavy atom. The Morgan fingerprint density at radius 3 is 2.19 bits per heavy atom. The average Bonchev–Trinajstić information content (AvgIpc) is 2.59. The number of Topliss-reactive ketones (excluding diaryl/α,β-unsaturated/α-hetero) is 1. The summed E-state index contributed by atoms with van der Waals surface area (Å²) in [5.41, 5.74) is 0.971. The number of ketones is 1. The van der Waals surface area contributed by atoms with Gasteiger partial charge in [-0.05, 0) is 31.5 Å². The van der Waals surface area contributed by atoms with Crippen LogP contribution in [0.15, 0.2) is 36.7 Å². The van der Waals surface area contributed by atoms with E-state index in [0.29, 0.717) is 0 Å². The summed E-state index contributed by atoms with van der Waals surface area (Å²) in [5.74, 6) is -0.762. The zero-order chi connectivity index (χ0) is 19.5. The van der Waals surface area contributed by atoms with Crippen LogP contribution in [0.5, 0.6) is 0 Å².